The highest BCUT2D eigenvalue weighted by molar-refractivity contribution is 5.68. The van der Waals surface area contributed by atoms with Gasteiger partial charge in [0, 0.05) is 20.4 Å². The maximum atomic E-state index is 12.4. The Morgan fingerprint density at radius 2 is 1.97 bits per heavy atom. The van der Waals surface area contributed by atoms with Crippen LogP contribution in [0.15, 0.2) is 24.3 Å². The van der Waals surface area contributed by atoms with Gasteiger partial charge in [0.1, 0.15) is 0 Å². The number of ether oxygens (including phenoxy) is 1. The molecule has 2 atom stereocenters. The summed E-state index contributed by atoms with van der Waals surface area (Å²) in [5.74, 6) is 1.77. The molecule has 3 aliphatic rings. The first-order valence-corrected chi connectivity index (χ1v) is 11.8. The summed E-state index contributed by atoms with van der Waals surface area (Å²) in [5.41, 5.74) is 3.02. The number of fused-ring (bicyclic) bond motifs is 2. The fourth-order valence-corrected chi connectivity index (χ4v) is 6.28. The molecule has 1 saturated carbocycles. The molecule has 4 rings (SSSR count). The summed E-state index contributed by atoms with van der Waals surface area (Å²) in [6.07, 6.45) is 8.99. The average molecular weight is 401 g/mol. The van der Waals surface area contributed by atoms with Gasteiger partial charge in [-0.3, -0.25) is 0 Å². The minimum Gasteiger partial charge on any atom is -0.450 e. The summed E-state index contributed by atoms with van der Waals surface area (Å²) in [4.78, 5) is 16.9. The largest absolute Gasteiger partial charge is 0.450 e. The van der Waals surface area contributed by atoms with Gasteiger partial charge in [-0.15, -0.1) is 0 Å². The fraction of sp³-hybridized carbons (Fsp3) is 0.720. The lowest BCUT2D eigenvalue weighted by atomic mass is 9.73. The molecule has 1 saturated heterocycles. The molecule has 1 amide bonds. The molecular formula is C25H40N2O2. The van der Waals surface area contributed by atoms with Crippen molar-refractivity contribution in [3.05, 3.63) is 35.4 Å². The lowest BCUT2D eigenvalue weighted by Crippen LogP contribution is -2.44. The predicted molar refractivity (Wildman–Crippen MR) is 119 cm³/mol. The van der Waals surface area contributed by atoms with Crippen LogP contribution < -0.4 is 0 Å². The number of hydrogen-bond acceptors (Lipinski definition) is 3. The van der Waals surface area contributed by atoms with Crippen LogP contribution in [0.5, 0.6) is 0 Å². The van der Waals surface area contributed by atoms with E-state index in [4.69, 9.17) is 4.74 Å². The van der Waals surface area contributed by atoms with Gasteiger partial charge in [0.25, 0.3) is 0 Å². The van der Waals surface area contributed by atoms with E-state index >= 15 is 0 Å². The molecule has 1 aliphatic heterocycles. The first kappa shape index (κ1) is 20.7. The lowest BCUT2D eigenvalue weighted by Gasteiger charge is -2.42. The van der Waals surface area contributed by atoms with Crippen LogP contribution in [0.25, 0.3) is 0 Å². The maximum absolute atomic E-state index is 12.4. The minimum absolute atomic E-state index is 0. The predicted octanol–water partition coefficient (Wildman–Crippen LogP) is 5.63. The van der Waals surface area contributed by atoms with Crippen LogP contribution in [-0.2, 0) is 10.2 Å². The Morgan fingerprint density at radius 1 is 1.28 bits per heavy atom. The summed E-state index contributed by atoms with van der Waals surface area (Å²) in [7, 11) is 1.90. The van der Waals surface area contributed by atoms with Crippen LogP contribution in [0.2, 0.25) is 0 Å². The molecule has 0 N–H and O–H groups in total. The normalized spacial score (nSPS) is 25.1. The van der Waals surface area contributed by atoms with Gasteiger partial charge < -0.3 is 14.5 Å². The number of hydrogen-bond donors (Lipinski definition) is 0. The molecule has 29 heavy (non-hydrogen) atoms. The van der Waals surface area contributed by atoms with Crippen LogP contribution in [0.3, 0.4) is 0 Å². The topological polar surface area (TPSA) is 32.8 Å². The zero-order valence-electron chi connectivity index (χ0n) is 18.5. The van der Waals surface area contributed by atoms with E-state index in [-0.39, 0.29) is 19.0 Å². The van der Waals surface area contributed by atoms with Gasteiger partial charge >= 0.3 is 6.09 Å². The van der Waals surface area contributed by atoms with Crippen molar-refractivity contribution < 1.29 is 11.0 Å². The summed E-state index contributed by atoms with van der Waals surface area (Å²) in [5, 5.41) is 0. The van der Waals surface area contributed by atoms with Crippen molar-refractivity contribution >= 4 is 6.09 Å². The molecule has 0 bridgehead atoms. The number of rotatable bonds is 5. The Balaban J connectivity index is 0.00000256. The molecule has 4 heteroatoms. The van der Waals surface area contributed by atoms with E-state index in [2.05, 4.69) is 36.1 Å². The zero-order chi connectivity index (χ0) is 20.4. The second-order valence-electron chi connectivity index (χ2n) is 9.72. The van der Waals surface area contributed by atoms with E-state index in [0.717, 1.165) is 18.3 Å². The summed E-state index contributed by atoms with van der Waals surface area (Å²) in [6.45, 7) is 8.39. The van der Waals surface area contributed by atoms with E-state index < -0.39 is 0 Å². The van der Waals surface area contributed by atoms with Gasteiger partial charge in [0.15, 0.2) is 0 Å². The smallest absolute Gasteiger partial charge is 0.410 e. The van der Waals surface area contributed by atoms with Gasteiger partial charge in [-0.1, -0.05) is 56.9 Å². The lowest BCUT2D eigenvalue weighted by molar-refractivity contribution is 0.0876. The number of benzene rings is 1. The number of likely N-dealkylation sites (tertiary alicyclic amines) is 1. The van der Waals surface area contributed by atoms with Crippen molar-refractivity contribution in [2.45, 2.75) is 70.3 Å². The van der Waals surface area contributed by atoms with Gasteiger partial charge in [-0.25, -0.2) is 4.79 Å². The summed E-state index contributed by atoms with van der Waals surface area (Å²) in [6, 6.07) is 8.95. The summed E-state index contributed by atoms with van der Waals surface area (Å²) < 4.78 is 5.30. The third-order valence-electron chi connectivity index (χ3n) is 8.06. The molecule has 4 nitrogen and oxygen atoms in total. The first-order chi connectivity index (χ1) is 14.0. The van der Waals surface area contributed by atoms with E-state index in [9.17, 15) is 4.79 Å². The number of carbonyl (C=O) groups excluding carboxylic acids is 1. The summed E-state index contributed by atoms with van der Waals surface area (Å²) >= 11 is 0. The van der Waals surface area contributed by atoms with Gasteiger partial charge in [-0.2, -0.15) is 0 Å². The molecule has 0 radical (unpaired) electrons. The highest BCUT2D eigenvalue weighted by atomic mass is 16.6. The standard InChI is InChI=1S/C25H38N2O2.H2/c1-4-29-24(28)26(3)23-17-25(22-12-8-7-11-21(22)23)13-15-27(16-14-25)18-19(2)20-9-5-6-10-20;/h7-8,11-12,19-20,23H,4-6,9-10,13-18H2,1-3H3;1H/t19-,23+;/m1./s1. The molecular weight excluding hydrogens is 360 g/mol. The third kappa shape index (κ3) is 4.05. The first-order valence-electron chi connectivity index (χ1n) is 11.8. The van der Waals surface area contributed by atoms with Crippen LogP contribution in [0, 0.1) is 11.8 Å². The second kappa shape index (κ2) is 8.67. The minimum atomic E-state index is -0.202. The highest BCUT2D eigenvalue weighted by Crippen LogP contribution is 2.52. The Hall–Kier alpha value is -1.55. The van der Waals surface area contributed by atoms with Crippen LogP contribution in [-0.4, -0.2) is 49.2 Å². The number of carbonyl (C=O) groups is 1. The quantitative estimate of drug-likeness (QED) is 0.642. The SMILES string of the molecule is CCOC(=O)N(C)[C@H]1CC2(CCN(C[C@@H](C)C3CCCC3)CC2)c2ccccc21.[HH]. The van der Waals surface area contributed by atoms with Gasteiger partial charge in [-0.05, 0) is 62.2 Å². The Labute approximate surface area is 178 Å². The van der Waals surface area contributed by atoms with Crippen molar-refractivity contribution in [1.82, 2.24) is 9.80 Å². The molecule has 1 spiro atoms. The monoisotopic (exact) mass is 400 g/mol. The third-order valence-corrected chi connectivity index (χ3v) is 8.06. The van der Waals surface area contributed by atoms with Crippen LogP contribution in [0.1, 0.15) is 77.4 Å². The van der Waals surface area contributed by atoms with Gasteiger partial charge in [0.05, 0.1) is 12.6 Å². The number of amides is 1. The maximum Gasteiger partial charge on any atom is 0.410 e. The second-order valence-corrected chi connectivity index (χ2v) is 9.72. The van der Waals surface area contributed by atoms with Crippen molar-refractivity contribution in [2.75, 3.05) is 33.3 Å². The van der Waals surface area contributed by atoms with E-state index in [1.54, 1.807) is 0 Å². The molecule has 2 fully saturated rings. The molecule has 1 heterocycles. The fourth-order valence-electron chi connectivity index (χ4n) is 6.28. The van der Waals surface area contributed by atoms with Crippen LogP contribution >= 0.6 is 0 Å². The molecule has 0 unspecified atom stereocenters. The van der Waals surface area contributed by atoms with Crippen LogP contribution in [0.4, 0.5) is 4.79 Å². The Kier molecular flexibility index (Phi) is 6.19. The Bertz CT molecular complexity index is 711. The van der Waals surface area contributed by atoms with Crippen molar-refractivity contribution in [3.8, 4) is 0 Å². The molecule has 1 aromatic rings. The van der Waals surface area contributed by atoms with Crippen molar-refractivity contribution in [1.29, 1.82) is 0 Å². The van der Waals surface area contributed by atoms with Crippen molar-refractivity contribution in [2.24, 2.45) is 11.8 Å². The number of nitrogens with zero attached hydrogens (tertiary/aromatic N) is 2. The number of piperidine rings is 1. The molecule has 2 aliphatic carbocycles. The average Bonchev–Trinajstić information content (AvgIpc) is 3.37. The van der Waals surface area contributed by atoms with E-state index in [1.165, 1.54) is 69.3 Å². The van der Waals surface area contributed by atoms with Gasteiger partial charge in [0.2, 0.25) is 0 Å². The van der Waals surface area contributed by atoms with E-state index in [0.29, 0.717) is 6.61 Å². The Morgan fingerprint density at radius 3 is 2.66 bits per heavy atom. The highest BCUT2D eigenvalue weighted by Gasteiger charge is 2.47. The molecule has 162 valence electrons. The van der Waals surface area contributed by atoms with Crippen molar-refractivity contribution in [3.63, 3.8) is 0 Å². The van der Waals surface area contributed by atoms with E-state index in [1.807, 2.05) is 18.9 Å². The zero-order valence-corrected chi connectivity index (χ0v) is 18.5. The molecule has 0 aromatic heterocycles. The molecule has 1 aromatic carbocycles.